The Morgan fingerprint density at radius 3 is 3.05 bits per heavy atom. The van der Waals surface area contributed by atoms with E-state index in [4.69, 9.17) is 0 Å². The number of thiazole rings is 1. The molecule has 1 aromatic carbocycles. The zero-order valence-electron chi connectivity index (χ0n) is 10.2. The van der Waals surface area contributed by atoms with E-state index in [0.29, 0.717) is 12.8 Å². The van der Waals surface area contributed by atoms with E-state index >= 15 is 0 Å². The Balaban J connectivity index is 1.68. The Labute approximate surface area is 114 Å². The molecular formula is C14H13FN2OS. The van der Waals surface area contributed by atoms with Crippen molar-refractivity contribution in [3.05, 3.63) is 59.1 Å². The van der Waals surface area contributed by atoms with Crippen LogP contribution in [-0.2, 0) is 12.8 Å². The SMILES string of the molecule is OC(Cc1cccc(F)c1)Cc1cn2ccsc2n1. The number of halogens is 1. The number of rotatable bonds is 4. The average molecular weight is 276 g/mol. The fraction of sp³-hybridized carbons (Fsp3) is 0.214. The van der Waals surface area contributed by atoms with Gasteiger partial charge in [0.1, 0.15) is 5.82 Å². The lowest BCUT2D eigenvalue weighted by Gasteiger charge is -2.08. The largest absolute Gasteiger partial charge is 0.392 e. The van der Waals surface area contributed by atoms with E-state index in [1.807, 2.05) is 28.2 Å². The molecule has 3 rings (SSSR count). The summed E-state index contributed by atoms with van der Waals surface area (Å²) in [7, 11) is 0. The third kappa shape index (κ3) is 2.83. The maximum absolute atomic E-state index is 13.0. The highest BCUT2D eigenvalue weighted by atomic mass is 32.1. The molecule has 3 aromatic rings. The van der Waals surface area contributed by atoms with Crippen molar-refractivity contribution in [1.29, 1.82) is 0 Å². The molecule has 0 spiro atoms. The maximum atomic E-state index is 13.0. The molecule has 2 heterocycles. The summed E-state index contributed by atoms with van der Waals surface area (Å²) in [6.45, 7) is 0. The van der Waals surface area contributed by atoms with Crippen LogP contribution in [-0.4, -0.2) is 20.6 Å². The van der Waals surface area contributed by atoms with Crippen LogP contribution in [0.25, 0.3) is 4.96 Å². The van der Waals surface area contributed by atoms with Crippen molar-refractivity contribution in [1.82, 2.24) is 9.38 Å². The maximum Gasteiger partial charge on any atom is 0.193 e. The lowest BCUT2D eigenvalue weighted by molar-refractivity contribution is 0.174. The van der Waals surface area contributed by atoms with Crippen LogP contribution in [0.15, 0.2) is 42.0 Å². The summed E-state index contributed by atoms with van der Waals surface area (Å²) in [4.78, 5) is 5.34. The molecule has 2 aromatic heterocycles. The van der Waals surface area contributed by atoms with E-state index in [1.54, 1.807) is 17.4 Å². The van der Waals surface area contributed by atoms with Crippen molar-refractivity contribution < 1.29 is 9.50 Å². The Morgan fingerprint density at radius 1 is 1.37 bits per heavy atom. The molecule has 3 nitrogen and oxygen atoms in total. The van der Waals surface area contributed by atoms with Gasteiger partial charge in [-0.25, -0.2) is 9.37 Å². The van der Waals surface area contributed by atoms with Gasteiger partial charge in [0.15, 0.2) is 4.96 Å². The highest BCUT2D eigenvalue weighted by Crippen LogP contribution is 2.14. The molecule has 98 valence electrons. The number of aliphatic hydroxyl groups excluding tert-OH is 1. The van der Waals surface area contributed by atoms with Crippen LogP contribution < -0.4 is 0 Å². The van der Waals surface area contributed by atoms with Crippen molar-refractivity contribution >= 4 is 16.3 Å². The predicted molar refractivity (Wildman–Crippen MR) is 72.9 cm³/mol. The van der Waals surface area contributed by atoms with Crippen molar-refractivity contribution in [3.63, 3.8) is 0 Å². The van der Waals surface area contributed by atoms with E-state index in [2.05, 4.69) is 4.98 Å². The second-order valence-electron chi connectivity index (χ2n) is 4.52. The Morgan fingerprint density at radius 2 is 2.26 bits per heavy atom. The molecule has 0 amide bonds. The zero-order valence-corrected chi connectivity index (χ0v) is 11.0. The highest BCUT2D eigenvalue weighted by molar-refractivity contribution is 7.15. The second-order valence-corrected chi connectivity index (χ2v) is 5.39. The van der Waals surface area contributed by atoms with Gasteiger partial charge in [-0.05, 0) is 24.1 Å². The van der Waals surface area contributed by atoms with Crippen LogP contribution >= 0.6 is 11.3 Å². The fourth-order valence-corrected chi connectivity index (χ4v) is 2.84. The summed E-state index contributed by atoms with van der Waals surface area (Å²) in [5.74, 6) is -0.271. The summed E-state index contributed by atoms with van der Waals surface area (Å²) in [6.07, 6.45) is 4.22. The summed E-state index contributed by atoms with van der Waals surface area (Å²) >= 11 is 1.56. The third-order valence-electron chi connectivity index (χ3n) is 2.95. The minimum absolute atomic E-state index is 0.271. The van der Waals surface area contributed by atoms with Crippen LogP contribution in [0.5, 0.6) is 0 Å². The summed E-state index contributed by atoms with van der Waals surface area (Å²) in [5.41, 5.74) is 1.66. The molecule has 1 atom stereocenters. The molecule has 5 heteroatoms. The minimum atomic E-state index is -0.550. The normalized spacial score (nSPS) is 12.9. The van der Waals surface area contributed by atoms with E-state index in [9.17, 15) is 9.50 Å². The third-order valence-corrected chi connectivity index (χ3v) is 3.72. The van der Waals surface area contributed by atoms with Gasteiger partial charge in [0.05, 0.1) is 11.8 Å². The molecule has 0 radical (unpaired) electrons. The minimum Gasteiger partial charge on any atom is -0.392 e. The van der Waals surface area contributed by atoms with E-state index in [1.165, 1.54) is 12.1 Å². The first-order chi connectivity index (χ1) is 9.20. The van der Waals surface area contributed by atoms with Crippen LogP contribution in [0.3, 0.4) is 0 Å². The lowest BCUT2D eigenvalue weighted by atomic mass is 10.0. The van der Waals surface area contributed by atoms with E-state index in [-0.39, 0.29) is 5.82 Å². The molecule has 19 heavy (non-hydrogen) atoms. The van der Waals surface area contributed by atoms with E-state index in [0.717, 1.165) is 16.2 Å². The summed E-state index contributed by atoms with van der Waals surface area (Å²) in [5, 5.41) is 12.0. The Hall–Kier alpha value is -1.72. The van der Waals surface area contributed by atoms with Crippen LogP contribution in [0, 0.1) is 5.82 Å². The first-order valence-electron chi connectivity index (χ1n) is 6.04. The summed E-state index contributed by atoms with van der Waals surface area (Å²) < 4.78 is 15.0. The van der Waals surface area contributed by atoms with Gasteiger partial charge in [-0.15, -0.1) is 11.3 Å². The van der Waals surface area contributed by atoms with Gasteiger partial charge in [-0.3, -0.25) is 4.40 Å². The molecule has 1 N–H and O–H groups in total. The van der Waals surface area contributed by atoms with Gasteiger partial charge >= 0.3 is 0 Å². The van der Waals surface area contributed by atoms with E-state index < -0.39 is 6.10 Å². The van der Waals surface area contributed by atoms with Crippen LogP contribution in [0.1, 0.15) is 11.3 Å². The second kappa shape index (κ2) is 5.11. The van der Waals surface area contributed by atoms with Gasteiger partial charge in [0.25, 0.3) is 0 Å². The summed E-state index contributed by atoms with van der Waals surface area (Å²) in [6, 6.07) is 6.33. The zero-order chi connectivity index (χ0) is 13.2. The Kier molecular flexibility index (Phi) is 3.31. The van der Waals surface area contributed by atoms with Gasteiger partial charge in [-0.1, -0.05) is 12.1 Å². The van der Waals surface area contributed by atoms with Crippen molar-refractivity contribution in [2.24, 2.45) is 0 Å². The molecule has 0 fully saturated rings. The number of aliphatic hydroxyl groups is 1. The van der Waals surface area contributed by atoms with Crippen LogP contribution in [0.4, 0.5) is 4.39 Å². The van der Waals surface area contributed by atoms with Crippen molar-refractivity contribution in [2.75, 3.05) is 0 Å². The number of fused-ring (bicyclic) bond motifs is 1. The predicted octanol–water partition coefficient (Wildman–Crippen LogP) is 2.68. The number of hydrogen-bond acceptors (Lipinski definition) is 3. The molecule has 0 saturated heterocycles. The number of nitrogens with zero attached hydrogens (tertiary/aromatic N) is 2. The number of benzene rings is 1. The van der Waals surface area contributed by atoms with Gasteiger partial charge in [0.2, 0.25) is 0 Å². The number of imidazole rings is 1. The van der Waals surface area contributed by atoms with Gasteiger partial charge in [-0.2, -0.15) is 0 Å². The monoisotopic (exact) mass is 276 g/mol. The average Bonchev–Trinajstić information content (AvgIpc) is 2.89. The molecule has 0 aliphatic heterocycles. The molecule has 1 unspecified atom stereocenters. The number of aromatic nitrogens is 2. The molecule has 0 saturated carbocycles. The topological polar surface area (TPSA) is 37.5 Å². The van der Waals surface area contributed by atoms with Gasteiger partial charge < -0.3 is 5.11 Å². The van der Waals surface area contributed by atoms with Crippen molar-refractivity contribution in [2.45, 2.75) is 18.9 Å². The van der Waals surface area contributed by atoms with Crippen LogP contribution in [0.2, 0.25) is 0 Å². The Bertz CT molecular complexity index is 663. The first-order valence-corrected chi connectivity index (χ1v) is 6.92. The smallest absolute Gasteiger partial charge is 0.193 e. The standard InChI is InChI=1S/C14H13FN2OS/c15-11-3-1-2-10(6-11)7-13(18)8-12-9-17-4-5-19-14(17)16-12/h1-6,9,13,18H,7-8H2. The fourth-order valence-electron chi connectivity index (χ4n) is 2.12. The first kappa shape index (κ1) is 12.3. The molecular weight excluding hydrogens is 263 g/mol. The highest BCUT2D eigenvalue weighted by Gasteiger charge is 2.10. The van der Waals surface area contributed by atoms with Crippen molar-refractivity contribution in [3.8, 4) is 0 Å². The quantitative estimate of drug-likeness (QED) is 0.795. The van der Waals surface area contributed by atoms with Gasteiger partial charge in [0, 0.05) is 24.2 Å². The molecule has 0 aliphatic rings. The molecule has 0 aliphatic carbocycles. The lowest BCUT2D eigenvalue weighted by Crippen LogP contribution is -2.14. The molecule has 0 bridgehead atoms. The number of hydrogen-bond donors (Lipinski definition) is 1.